The smallest absolute Gasteiger partial charge is 0.318 e. The van der Waals surface area contributed by atoms with Crippen LogP contribution in [0.5, 0.6) is 0 Å². The molecule has 0 unspecified atom stereocenters. The molecule has 0 atom stereocenters. The minimum atomic E-state index is 0.678. The molecule has 2 aliphatic carbocycles. The second-order valence-electron chi connectivity index (χ2n) is 5.47. The lowest BCUT2D eigenvalue weighted by atomic mass is 9.85. The molecule has 0 aliphatic heterocycles. The minimum absolute atomic E-state index is 0.678. The molecule has 5 nitrogen and oxygen atoms in total. The Kier molecular flexibility index (Phi) is 3.50. The third kappa shape index (κ3) is 2.83. The van der Waals surface area contributed by atoms with Gasteiger partial charge in [-0.1, -0.05) is 11.5 Å². The molecule has 0 aromatic carbocycles. The highest BCUT2D eigenvalue weighted by atomic mass is 16.4. The van der Waals surface area contributed by atoms with E-state index >= 15 is 0 Å². The van der Waals surface area contributed by atoms with Crippen LogP contribution in [-0.2, 0) is 6.54 Å². The zero-order valence-electron chi connectivity index (χ0n) is 11.1. The summed E-state index contributed by atoms with van der Waals surface area (Å²) in [6, 6.07) is 1.37. The van der Waals surface area contributed by atoms with Crippen LogP contribution >= 0.6 is 0 Å². The standard InChI is InChI=1S/C13H22N4O/c1-2-17(9-10-4-3-5-10)13-16-15-12(18-13)8-14-11-6-7-11/h10-11,14H,2-9H2,1H3. The van der Waals surface area contributed by atoms with E-state index in [0.29, 0.717) is 24.5 Å². The second kappa shape index (κ2) is 5.26. The van der Waals surface area contributed by atoms with Gasteiger partial charge in [-0.3, -0.25) is 0 Å². The molecule has 0 amide bonds. The molecule has 1 aromatic rings. The largest absolute Gasteiger partial charge is 0.407 e. The number of nitrogens with zero attached hydrogens (tertiary/aromatic N) is 3. The quantitative estimate of drug-likeness (QED) is 0.801. The van der Waals surface area contributed by atoms with Gasteiger partial charge in [0, 0.05) is 19.1 Å². The molecule has 1 aromatic heterocycles. The van der Waals surface area contributed by atoms with Crippen molar-refractivity contribution >= 4 is 6.01 Å². The predicted octanol–water partition coefficient (Wildman–Crippen LogP) is 1.95. The Bertz CT molecular complexity index is 384. The average Bonchev–Trinajstić information content (AvgIpc) is 3.04. The maximum absolute atomic E-state index is 5.73. The number of hydrogen-bond acceptors (Lipinski definition) is 5. The summed E-state index contributed by atoms with van der Waals surface area (Å²) < 4.78 is 5.73. The molecule has 5 heteroatoms. The lowest BCUT2D eigenvalue weighted by Gasteiger charge is -2.30. The van der Waals surface area contributed by atoms with Crippen LogP contribution in [0.15, 0.2) is 4.42 Å². The molecule has 100 valence electrons. The lowest BCUT2D eigenvalue weighted by molar-refractivity contribution is 0.312. The van der Waals surface area contributed by atoms with Crippen molar-refractivity contribution in [2.24, 2.45) is 5.92 Å². The fourth-order valence-electron chi connectivity index (χ4n) is 2.29. The first-order chi connectivity index (χ1) is 8.85. The van der Waals surface area contributed by atoms with Gasteiger partial charge in [0.15, 0.2) is 0 Å². The van der Waals surface area contributed by atoms with E-state index in [2.05, 4.69) is 27.3 Å². The van der Waals surface area contributed by atoms with Crippen molar-refractivity contribution in [1.29, 1.82) is 0 Å². The number of nitrogens with one attached hydrogen (secondary N) is 1. The van der Waals surface area contributed by atoms with Crippen molar-refractivity contribution in [2.75, 3.05) is 18.0 Å². The number of aromatic nitrogens is 2. The summed E-state index contributed by atoms with van der Waals surface area (Å²) in [4.78, 5) is 2.21. The zero-order valence-corrected chi connectivity index (χ0v) is 11.1. The maximum Gasteiger partial charge on any atom is 0.318 e. The highest BCUT2D eigenvalue weighted by Gasteiger charge is 2.24. The van der Waals surface area contributed by atoms with Gasteiger partial charge in [-0.05, 0) is 38.5 Å². The Hall–Kier alpha value is -1.10. The minimum Gasteiger partial charge on any atom is -0.407 e. The Morgan fingerprint density at radius 2 is 2.11 bits per heavy atom. The van der Waals surface area contributed by atoms with Crippen LogP contribution in [0.3, 0.4) is 0 Å². The van der Waals surface area contributed by atoms with E-state index in [0.717, 1.165) is 19.0 Å². The van der Waals surface area contributed by atoms with Crippen molar-refractivity contribution in [3.8, 4) is 0 Å². The third-order valence-electron chi connectivity index (χ3n) is 3.93. The molecular formula is C13H22N4O. The summed E-state index contributed by atoms with van der Waals surface area (Å²) in [5.41, 5.74) is 0. The normalized spacial score (nSPS) is 19.8. The molecular weight excluding hydrogens is 228 g/mol. The topological polar surface area (TPSA) is 54.2 Å². The van der Waals surface area contributed by atoms with Crippen LogP contribution in [0.25, 0.3) is 0 Å². The van der Waals surface area contributed by atoms with Gasteiger partial charge in [-0.25, -0.2) is 0 Å². The van der Waals surface area contributed by atoms with Crippen LogP contribution in [-0.4, -0.2) is 29.3 Å². The first kappa shape index (κ1) is 12.0. The monoisotopic (exact) mass is 250 g/mol. The molecule has 2 fully saturated rings. The Balaban J connectivity index is 1.54. The summed E-state index contributed by atoms with van der Waals surface area (Å²) in [7, 11) is 0. The molecule has 2 saturated carbocycles. The van der Waals surface area contributed by atoms with Gasteiger partial charge in [0.05, 0.1) is 6.54 Å². The first-order valence-electron chi connectivity index (χ1n) is 7.16. The fraction of sp³-hybridized carbons (Fsp3) is 0.846. The van der Waals surface area contributed by atoms with Crippen molar-refractivity contribution in [2.45, 2.75) is 51.6 Å². The van der Waals surface area contributed by atoms with Gasteiger partial charge in [-0.15, -0.1) is 5.10 Å². The molecule has 1 heterocycles. The average molecular weight is 250 g/mol. The first-order valence-corrected chi connectivity index (χ1v) is 7.16. The SMILES string of the molecule is CCN(CC1CCC1)c1nnc(CNC2CC2)o1. The van der Waals surface area contributed by atoms with E-state index in [-0.39, 0.29) is 0 Å². The van der Waals surface area contributed by atoms with Gasteiger partial charge in [0.25, 0.3) is 0 Å². The molecule has 0 saturated heterocycles. The molecule has 0 radical (unpaired) electrons. The van der Waals surface area contributed by atoms with Gasteiger partial charge >= 0.3 is 6.01 Å². The lowest BCUT2D eigenvalue weighted by Crippen LogP contribution is -2.32. The van der Waals surface area contributed by atoms with Crippen LogP contribution in [0.1, 0.15) is 44.9 Å². The van der Waals surface area contributed by atoms with Crippen LogP contribution in [0.4, 0.5) is 6.01 Å². The summed E-state index contributed by atoms with van der Waals surface area (Å²) in [6.45, 7) is 4.85. The molecule has 1 N–H and O–H groups in total. The van der Waals surface area contributed by atoms with Crippen LogP contribution in [0, 0.1) is 5.92 Å². The Morgan fingerprint density at radius 3 is 2.72 bits per heavy atom. The number of hydrogen-bond donors (Lipinski definition) is 1. The van der Waals surface area contributed by atoms with E-state index in [1.54, 1.807) is 0 Å². The molecule has 2 aliphatic rings. The summed E-state index contributed by atoms with van der Waals surface area (Å²) in [5.74, 6) is 1.54. The number of anilines is 1. The molecule has 0 bridgehead atoms. The highest BCUT2D eigenvalue weighted by molar-refractivity contribution is 5.23. The predicted molar refractivity (Wildman–Crippen MR) is 69.4 cm³/mol. The fourth-order valence-corrected chi connectivity index (χ4v) is 2.29. The van der Waals surface area contributed by atoms with Crippen LogP contribution in [0.2, 0.25) is 0 Å². The van der Waals surface area contributed by atoms with Crippen molar-refractivity contribution in [3.63, 3.8) is 0 Å². The van der Waals surface area contributed by atoms with Crippen molar-refractivity contribution < 1.29 is 4.42 Å². The molecule has 3 rings (SSSR count). The zero-order chi connectivity index (χ0) is 12.4. The van der Waals surface area contributed by atoms with E-state index < -0.39 is 0 Å². The third-order valence-corrected chi connectivity index (χ3v) is 3.93. The maximum atomic E-state index is 5.73. The molecule has 0 spiro atoms. The van der Waals surface area contributed by atoms with E-state index in [9.17, 15) is 0 Å². The van der Waals surface area contributed by atoms with Gasteiger partial charge < -0.3 is 14.6 Å². The van der Waals surface area contributed by atoms with E-state index in [1.165, 1.54) is 32.1 Å². The molecule has 18 heavy (non-hydrogen) atoms. The van der Waals surface area contributed by atoms with E-state index in [4.69, 9.17) is 4.42 Å². The Morgan fingerprint density at radius 1 is 1.28 bits per heavy atom. The summed E-state index contributed by atoms with van der Waals surface area (Å²) >= 11 is 0. The number of rotatable bonds is 7. The van der Waals surface area contributed by atoms with Crippen molar-refractivity contribution in [3.05, 3.63) is 5.89 Å². The van der Waals surface area contributed by atoms with Gasteiger partial charge in [0.2, 0.25) is 5.89 Å². The highest BCUT2D eigenvalue weighted by Crippen LogP contribution is 2.28. The van der Waals surface area contributed by atoms with Crippen molar-refractivity contribution in [1.82, 2.24) is 15.5 Å². The van der Waals surface area contributed by atoms with Crippen LogP contribution < -0.4 is 10.2 Å². The Labute approximate surface area is 108 Å². The summed E-state index contributed by atoms with van der Waals surface area (Å²) in [5, 5.41) is 11.7. The van der Waals surface area contributed by atoms with Gasteiger partial charge in [-0.2, -0.15) is 0 Å². The summed E-state index contributed by atoms with van der Waals surface area (Å²) in [6.07, 6.45) is 6.64. The van der Waals surface area contributed by atoms with Gasteiger partial charge in [0.1, 0.15) is 0 Å². The van der Waals surface area contributed by atoms with E-state index in [1.807, 2.05) is 0 Å². The second-order valence-corrected chi connectivity index (χ2v) is 5.47.